The number of carbonyl (C=O) groups excluding carboxylic acids is 1. The van der Waals surface area contributed by atoms with Gasteiger partial charge in [-0.2, -0.15) is 4.98 Å². The second-order valence-corrected chi connectivity index (χ2v) is 13.5. The monoisotopic (exact) mass is 563 g/mol. The Labute approximate surface area is 240 Å². The van der Waals surface area contributed by atoms with Crippen LogP contribution in [0.25, 0.3) is 0 Å². The Morgan fingerprint density at radius 2 is 1.77 bits per heavy atom. The number of anilines is 5. The first-order valence-corrected chi connectivity index (χ1v) is 14.6. The largest absolute Gasteiger partial charge is 0.349 e. The Balaban J connectivity index is 1.26. The molecule has 3 aromatic rings. The average molecular weight is 564 g/mol. The maximum absolute atomic E-state index is 14.9. The molecule has 0 radical (unpaired) electrons. The van der Waals surface area contributed by atoms with Gasteiger partial charge in [-0.25, -0.2) is 9.37 Å². The van der Waals surface area contributed by atoms with Crippen LogP contribution in [0, 0.1) is 12.7 Å². The molecule has 1 amide bonds. The second kappa shape index (κ2) is 11.6. The summed E-state index contributed by atoms with van der Waals surface area (Å²) < 4.78 is 17.4. The predicted molar refractivity (Wildman–Crippen MR) is 163 cm³/mol. The van der Waals surface area contributed by atoms with Gasteiger partial charge in [0.1, 0.15) is 11.6 Å². The minimum absolute atomic E-state index is 0.0342. The van der Waals surface area contributed by atoms with Crippen LogP contribution in [0.15, 0.2) is 42.6 Å². The number of likely N-dealkylation sites (tertiary alicyclic amines) is 1. The summed E-state index contributed by atoms with van der Waals surface area (Å²) in [5.74, 6) is 0.0318. The summed E-state index contributed by atoms with van der Waals surface area (Å²) in [6.07, 6.45) is 4.50. The third-order valence-corrected chi connectivity index (χ3v) is 8.23. The smallest absolute Gasteiger partial charge is 0.254 e. The third-order valence-electron chi connectivity index (χ3n) is 7.08. The van der Waals surface area contributed by atoms with E-state index in [1.54, 1.807) is 12.3 Å². The number of nitrogens with zero attached hydrogens (tertiary/aromatic N) is 4. The number of nitrogens with one attached hydrogen (secondary N) is 3. The molecule has 2 aliphatic heterocycles. The topological polar surface area (TPSA) is 85.4 Å². The molecule has 1 saturated heterocycles. The quantitative estimate of drug-likeness (QED) is 0.300. The van der Waals surface area contributed by atoms with Gasteiger partial charge in [-0.15, -0.1) is 0 Å². The zero-order valence-electron chi connectivity index (χ0n) is 23.8. The number of aromatic nitrogens is 2. The standard InChI is InChI=1S/C30H38FN7OS/c1-19-18-32-29(35-22-8-9-24(25(31)16-22)28(39)34-21-11-13-37(5)14-12-21)36-27(19)33-23-7-6-20-10-15-38(26(20)17-23)40-30(2,3)4/h6-9,16-18,21H,10-15H2,1-5H3,(H,34,39)(H2,32,33,35,36). The summed E-state index contributed by atoms with van der Waals surface area (Å²) in [4.78, 5) is 23.9. The lowest BCUT2D eigenvalue weighted by Crippen LogP contribution is -2.43. The molecule has 2 aliphatic rings. The Kier molecular flexibility index (Phi) is 8.19. The summed E-state index contributed by atoms with van der Waals surface area (Å²) in [6, 6.07) is 11.0. The zero-order valence-corrected chi connectivity index (χ0v) is 24.7. The van der Waals surface area contributed by atoms with Crippen LogP contribution in [0.1, 0.15) is 55.1 Å². The molecule has 0 atom stereocenters. The van der Waals surface area contributed by atoms with Gasteiger partial charge in [0, 0.05) is 40.5 Å². The van der Waals surface area contributed by atoms with E-state index in [4.69, 9.17) is 0 Å². The van der Waals surface area contributed by atoms with Gasteiger partial charge in [-0.3, -0.25) is 4.79 Å². The number of hydrogen-bond acceptors (Lipinski definition) is 8. The zero-order chi connectivity index (χ0) is 28.4. The van der Waals surface area contributed by atoms with E-state index in [0.717, 1.165) is 50.1 Å². The maximum Gasteiger partial charge on any atom is 0.254 e. The molecular weight excluding hydrogens is 525 g/mol. The molecule has 0 bridgehead atoms. The number of hydrogen-bond donors (Lipinski definition) is 3. The lowest BCUT2D eigenvalue weighted by Gasteiger charge is -2.29. The molecule has 212 valence electrons. The molecule has 0 aliphatic carbocycles. The summed E-state index contributed by atoms with van der Waals surface area (Å²) in [6.45, 7) is 11.5. The van der Waals surface area contributed by atoms with Crippen LogP contribution >= 0.6 is 11.9 Å². The van der Waals surface area contributed by atoms with E-state index >= 15 is 0 Å². The van der Waals surface area contributed by atoms with Crippen LogP contribution in [0.4, 0.5) is 33.2 Å². The fourth-order valence-corrected chi connectivity index (χ4v) is 6.05. The third kappa shape index (κ3) is 6.85. The molecule has 3 N–H and O–H groups in total. The minimum atomic E-state index is -0.586. The lowest BCUT2D eigenvalue weighted by molar-refractivity contribution is 0.0913. The van der Waals surface area contributed by atoms with E-state index in [0.29, 0.717) is 17.5 Å². The molecule has 2 aromatic carbocycles. The van der Waals surface area contributed by atoms with E-state index in [9.17, 15) is 9.18 Å². The number of piperidine rings is 1. The summed E-state index contributed by atoms with van der Waals surface area (Å²) >= 11 is 1.85. The van der Waals surface area contributed by atoms with Gasteiger partial charge in [0.15, 0.2) is 0 Å². The Morgan fingerprint density at radius 3 is 2.50 bits per heavy atom. The highest BCUT2D eigenvalue weighted by Crippen LogP contribution is 2.40. The van der Waals surface area contributed by atoms with E-state index in [1.807, 2.05) is 18.9 Å². The van der Waals surface area contributed by atoms with Gasteiger partial charge >= 0.3 is 0 Å². The second-order valence-electron chi connectivity index (χ2n) is 11.6. The summed E-state index contributed by atoms with van der Waals surface area (Å²) in [5.41, 5.74) is 4.90. The molecule has 5 rings (SSSR count). The number of carbonyl (C=O) groups is 1. The first-order chi connectivity index (χ1) is 19.0. The van der Waals surface area contributed by atoms with Crippen LogP contribution in [0.2, 0.25) is 0 Å². The maximum atomic E-state index is 14.9. The van der Waals surface area contributed by atoms with Crippen molar-refractivity contribution >= 4 is 46.7 Å². The van der Waals surface area contributed by atoms with E-state index in [-0.39, 0.29) is 22.3 Å². The average Bonchev–Trinajstić information content (AvgIpc) is 3.28. The normalized spacial score (nSPS) is 16.1. The number of rotatable bonds is 7. The van der Waals surface area contributed by atoms with Crippen LogP contribution in [0.5, 0.6) is 0 Å². The number of fused-ring (bicyclic) bond motifs is 1. The highest BCUT2D eigenvalue weighted by atomic mass is 32.2. The van der Waals surface area contributed by atoms with E-state index in [1.165, 1.54) is 23.4 Å². The van der Waals surface area contributed by atoms with Crippen molar-refractivity contribution in [1.82, 2.24) is 20.2 Å². The van der Waals surface area contributed by atoms with Gasteiger partial charge in [0.05, 0.1) is 11.3 Å². The van der Waals surface area contributed by atoms with Crippen molar-refractivity contribution in [1.29, 1.82) is 0 Å². The van der Waals surface area contributed by atoms with Crippen molar-refractivity contribution in [3.05, 3.63) is 65.1 Å². The van der Waals surface area contributed by atoms with Crippen molar-refractivity contribution < 1.29 is 9.18 Å². The van der Waals surface area contributed by atoms with Gasteiger partial charge in [0.25, 0.3) is 5.91 Å². The van der Waals surface area contributed by atoms with E-state index in [2.05, 4.69) is 81.1 Å². The molecule has 8 nitrogen and oxygen atoms in total. The van der Waals surface area contributed by atoms with Gasteiger partial charge < -0.3 is 25.2 Å². The van der Waals surface area contributed by atoms with Gasteiger partial charge in [-0.05, 0) is 115 Å². The van der Waals surface area contributed by atoms with E-state index < -0.39 is 5.82 Å². The van der Waals surface area contributed by atoms with Crippen molar-refractivity contribution in [2.45, 2.75) is 57.7 Å². The minimum Gasteiger partial charge on any atom is -0.349 e. The predicted octanol–water partition coefficient (Wildman–Crippen LogP) is 6.04. The van der Waals surface area contributed by atoms with Crippen molar-refractivity contribution in [3.8, 4) is 0 Å². The SMILES string of the molecule is Cc1cnc(Nc2ccc(C(=O)NC3CCN(C)CC3)c(F)c2)nc1Nc1ccc2c(c1)N(SC(C)(C)C)CC2. The Hall–Kier alpha value is -3.37. The lowest BCUT2D eigenvalue weighted by atomic mass is 10.0. The van der Waals surface area contributed by atoms with Crippen molar-refractivity contribution in [2.75, 3.05) is 41.6 Å². The fourth-order valence-electron chi connectivity index (χ4n) is 4.94. The van der Waals surface area contributed by atoms with Crippen molar-refractivity contribution in [2.24, 2.45) is 0 Å². The van der Waals surface area contributed by atoms with Crippen LogP contribution in [0.3, 0.4) is 0 Å². The molecule has 1 aromatic heterocycles. The Bertz CT molecular complexity index is 1380. The number of benzene rings is 2. The van der Waals surface area contributed by atoms with Crippen LogP contribution in [-0.2, 0) is 6.42 Å². The van der Waals surface area contributed by atoms with Gasteiger partial charge in [0.2, 0.25) is 5.95 Å². The molecule has 0 spiro atoms. The summed E-state index contributed by atoms with van der Waals surface area (Å²) in [5, 5.41) is 9.47. The molecular formula is C30H38FN7OS. The molecule has 0 unspecified atom stereocenters. The highest BCUT2D eigenvalue weighted by molar-refractivity contribution is 8.01. The fraction of sp³-hybridized carbons (Fsp3) is 0.433. The van der Waals surface area contributed by atoms with Crippen LogP contribution < -0.4 is 20.3 Å². The number of aryl methyl sites for hydroxylation is 1. The van der Waals surface area contributed by atoms with Gasteiger partial charge in [-0.1, -0.05) is 6.07 Å². The molecule has 1 fully saturated rings. The summed E-state index contributed by atoms with van der Waals surface area (Å²) in [7, 11) is 2.06. The number of halogens is 1. The number of amides is 1. The molecule has 0 saturated carbocycles. The molecule has 3 heterocycles. The first-order valence-electron chi connectivity index (χ1n) is 13.8. The van der Waals surface area contributed by atoms with Crippen molar-refractivity contribution in [3.63, 3.8) is 0 Å². The highest BCUT2D eigenvalue weighted by Gasteiger charge is 2.25. The Morgan fingerprint density at radius 1 is 1.05 bits per heavy atom. The first kappa shape index (κ1) is 28.2. The molecule has 10 heteroatoms. The van der Waals surface area contributed by atoms with Crippen LogP contribution in [-0.4, -0.2) is 58.2 Å². The molecule has 40 heavy (non-hydrogen) atoms.